The van der Waals surface area contributed by atoms with Crippen molar-refractivity contribution in [2.24, 2.45) is 0 Å². The second kappa shape index (κ2) is 8.10. The van der Waals surface area contributed by atoms with Crippen LogP contribution in [0.25, 0.3) is 21.6 Å². The van der Waals surface area contributed by atoms with Crippen LogP contribution < -0.4 is 11.1 Å². The second-order valence-electron chi connectivity index (χ2n) is 7.18. The molecule has 160 valence electrons. The van der Waals surface area contributed by atoms with Crippen LogP contribution in [0.1, 0.15) is 20.9 Å². The molecule has 3 aromatic heterocycles. The highest BCUT2D eigenvalue weighted by molar-refractivity contribution is 7.20. The molecule has 0 aliphatic rings. The predicted octanol–water partition coefficient (Wildman–Crippen LogP) is 4.70. The van der Waals surface area contributed by atoms with Gasteiger partial charge in [-0.1, -0.05) is 41.0 Å². The maximum absolute atomic E-state index is 12.9. The maximum atomic E-state index is 12.9. The van der Waals surface area contributed by atoms with E-state index in [1.165, 1.54) is 11.3 Å². The summed E-state index contributed by atoms with van der Waals surface area (Å²) in [6.45, 7) is 2.51. The van der Waals surface area contributed by atoms with E-state index in [1.807, 2.05) is 41.9 Å². The van der Waals surface area contributed by atoms with Crippen molar-refractivity contribution in [3.8, 4) is 11.4 Å². The first kappa shape index (κ1) is 20.2. The smallest absolute Gasteiger partial charge is 0.321 e. The van der Waals surface area contributed by atoms with Crippen LogP contribution in [0.2, 0.25) is 5.02 Å². The highest BCUT2D eigenvalue weighted by Crippen LogP contribution is 2.30. The minimum Gasteiger partial charge on any atom is -0.321 e. The average Bonchev–Trinajstić information content (AvgIpc) is 3.48. The number of hydrogen-bond acceptors (Lipinski definition) is 6. The molecule has 2 aromatic carbocycles. The number of hydrogen-bond donors (Lipinski definition) is 2. The number of thiophene rings is 1. The normalized spacial score (nSPS) is 11.2. The molecule has 0 fully saturated rings. The Morgan fingerprint density at radius 2 is 2.03 bits per heavy atom. The van der Waals surface area contributed by atoms with E-state index in [-0.39, 0.29) is 5.91 Å². The van der Waals surface area contributed by atoms with Crippen LogP contribution in [0.5, 0.6) is 0 Å². The number of aromatic amines is 1. The van der Waals surface area contributed by atoms with Crippen molar-refractivity contribution in [1.29, 1.82) is 0 Å². The molecule has 1 amide bonds. The third-order valence-electron chi connectivity index (χ3n) is 4.91. The Hall–Kier alpha value is -3.69. The first-order chi connectivity index (χ1) is 15.5. The molecule has 0 unspecified atom stereocenters. The number of rotatable bonds is 5. The summed E-state index contributed by atoms with van der Waals surface area (Å²) in [6, 6.07) is 16.5. The van der Waals surface area contributed by atoms with Gasteiger partial charge in [0.05, 0.1) is 17.1 Å². The molecule has 5 aromatic rings. The van der Waals surface area contributed by atoms with Gasteiger partial charge in [-0.3, -0.25) is 19.0 Å². The quantitative estimate of drug-likeness (QED) is 0.391. The molecule has 0 radical (unpaired) electrons. The molecule has 0 aliphatic carbocycles. The van der Waals surface area contributed by atoms with E-state index in [2.05, 4.69) is 25.1 Å². The van der Waals surface area contributed by atoms with E-state index in [0.29, 0.717) is 33.5 Å². The lowest BCUT2D eigenvalue weighted by Crippen LogP contribution is -2.10. The van der Waals surface area contributed by atoms with E-state index in [9.17, 15) is 9.59 Å². The lowest BCUT2D eigenvalue weighted by Gasteiger charge is -2.05. The van der Waals surface area contributed by atoms with E-state index in [1.54, 1.807) is 24.3 Å². The van der Waals surface area contributed by atoms with E-state index >= 15 is 0 Å². The van der Waals surface area contributed by atoms with Crippen LogP contribution in [0.4, 0.5) is 5.69 Å². The van der Waals surface area contributed by atoms with E-state index < -0.39 is 5.76 Å². The Balaban J connectivity index is 1.39. The Morgan fingerprint density at radius 3 is 2.78 bits per heavy atom. The molecule has 0 aliphatic heterocycles. The second-order valence-corrected chi connectivity index (χ2v) is 8.64. The Labute approximate surface area is 190 Å². The van der Waals surface area contributed by atoms with E-state index in [0.717, 1.165) is 21.5 Å². The highest BCUT2D eigenvalue weighted by atomic mass is 35.5. The summed E-state index contributed by atoms with van der Waals surface area (Å²) in [5.74, 6) is -0.567. The number of nitrogens with one attached hydrogen (secondary N) is 2. The van der Waals surface area contributed by atoms with Gasteiger partial charge in [-0.05, 0) is 42.8 Å². The van der Waals surface area contributed by atoms with Gasteiger partial charge >= 0.3 is 5.76 Å². The number of halogens is 1. The molecule has 0 atom stereocenters. The fourth-order valence-corrected chi connectivity index (χ4v) is 4.57. The summed E-state index contributed by atoms with van der Waals surface area (Å²) in [5, 5.41) is 12.8. The zero-order valence-corrected chi connectivity index (χ0v) is 18.3. The summed E-state index contributed by atoms with van der Waals surface area (Å²) in [4.78, 5) is 28.1. The third-order valence-corrected chi connectivity index (χ3v) is 6.31. The SMILES string of the molecule is Cc1nn(Cc2ccc(Cl)cc2)c2sc(C(=O)Nc3cccc(-c4noc(=O)[nH]4)c3)cc12. The minimum absolute atomic E-state index is 0.227. The Kier molecular flexibility index (Phi) is 5.12. The number of carbonyl (C=O) groups is 1. The lowest BCUT2D eigenvalue weighted by molar-refractivity contribution is 0.103. The van der Waals surface area contributed by atoms with Crippen LogP contribution in [0.15, 0.2) is 63.9 Å². The van der Waals surface area contributed by atoms with Gasteiger partial charge in [-0.15, -0.1) is 11.3 Å². The van der Waals surface area contributed by atoms with Crippen LogP contribution in [-0.4, -0.2) is 25.8 Å². The fraction of sp³-hybridized carbons (Fsp3) is 0.0909. The predicted molar refractivity (Wildman–Crippen MR) is 123 cm³/mol. The van der Waals surface area contributed by atoms with Crippen molar-refractivity contribution in [1.82, 2.24) is 19.9 Å². The van der Waals surface area contributed by atoms with Crippen LogP contribution in [0, 0.1) is 6.92 Å². The molecule has 2 N–H and O–H groups in total. The van der Waals surface area contributed by atoms with Crippen LogP contribution >= 0.6 is 22.9 Å². The molecular weight excluding hydrogens is 450 g/mol. The largest absolute Gasteiger partial charge is 0.439 e. The number of nitrogens with zero attached hydrogens (tertiary/aromatic N) is 3. The number of aromatic nitrogens is 4. The lowest BCUT2D eigenvalue weighted by atomic mass is 10.2. The van der Waals surface area contributed by atoms with Crippen molar-refractivity contribution in [3.05, 3.63) is 86.3 Å². The van der Waals surface area contributed by atoms with Gasteiger partial charge in [0.15, 0.2) is 5.82 Å². The van der Waals surface area contributed by atoms with Gasteiger partial charge < -0.3 is 5.32 Å². The molecule has 0 bridgehead atoms. The average molecular weight is 466 g/mol. The first-order valence-electron chi connectivity index (χ1n) is 9.65. The topological polar surface area (TPSA) is 106 Å². The third kappa shape index (κ3) is 3.95. The van der Waals surface area contributed by atoms with Crippen molar-refractivity contribution >= 4 is 44.7 Å². The van der Waals surface area contributed by atoms with Gasteiger partial charge in [-0.2, -0.15) is 5.10 Å². The molecule has 32 heavy (non-hydrogen) atoms. The van der Waals surface area contributed by atoms with Gasteiger partial charge in [0.1, 0.15) is 4.83 Å². The number of amides is 1. The highest BCUT2D eigenvalue weighted by Gasteiger charge is 2.17. The van der Waals surface area contributed by atoms with Gasteiger partial charge in [0.2, 0.25) is 0 Å². The molecular formula is C22H16ClN5O3S. The molecule has 3 heterocycles. The number of benzene rings is 2. The number of anilines is 1. The van der Waals surface area contributed by atoms with Crippen molar-refractivity contribution in [2.75, 3.05) is 5.32 Å². The summed E-state index contributed by atoms with van der Waals surface area (Å²) in [6.07, 6.45) is 0. The molecule has 10 heteroatoms. The molecule has 0 saturated carbocycles. The first-order valence-corrected chi connectivity index (χ1v) is 10.8. The number of carbonyl (C=O) groups excluding carboxylic acids is 1. The number of aryl methyl sites for hydroxylation is 1. The van der Waals surface area contributed by atoms with Gasteiger partial charge in [-0.25, -0.2) is 4.79 Å². The molecule has 5 rings (SSSR count). The Morgan fingerprint density at radius 1 is 1.22 bits per heavy atom. The standard InChI is InChI=1S/C22H16ClN5O3S/c1-12-17-10-18(32-21(17)28(26-12)11-13-5-7-15(23)8-6-13)20(29)24-16-4-2-3-14(9-16)19-25-22(30)31-27-19/h2-10H,11H2,1H3,(H,24,29)(H,25,27,30). The minimum atomic E-state index is -0.636. The van der Waals surface area contributed by atoms with Gasteiger partial charge in [0, 0.05) is 21.7 Å². The summed E-state index contributed by atoms with van der Waals surface area (Å²) < 4.78 is 6.44. The maximum Gasteiger partial charge on any atom is 0.439 e. The molecule has 0 saturated heterocycles. The van der Waals surface area contributed by atoms with Crippen LogP contribution in [-0.2, 0) is 6.54 Å². The zero-order valence-electron chi connectivity index (χ0n) is 16.8. The summed E-state index contributed by atoms with van der Waals surface area (Å²) in [5.41, 5.74) is 3.13. The monoisotopic (exact) mass is 465 g/mol. The summed E-state index contributed by atoms with van der Waals surface area (Å²) >= 11 is 7.36. The molecule has 0 spiro atoms. The van der Waals surface area contributed by atoms with E-state index in [4.69, 9.17) is 11.6 Å². The molecule has 8 nitrogen and oxygen atoms in total. The van der Waals surface area contributed by atoms with Gasteiger partial charge in [0.25, 0.3) is 5.91 Å². The van der Waals surface area contributed by atoms with Crippen molar-refractivity contribution < 1.29 is 9.32 Å². The van der Waals surface area contributed by atoms with Crippen LogP contribution in [0.3, 0.4) is 0 Å². The van der Waals surface area contributed by atoms with Crippen molar-refractivity contribution in [3.63, 3.8) is 0 Å². The van der Waals surface area contributed by atoms with Crippen molar-refractivity contribution in [2.45, 2.75) is 13.5 Å². The number of H-pyrrole nitrogens is 1. The number of fused-ring (bicyclic) bond motifs is 1. The zero-order chi connectivity index (χ0) is 22.2. The Bertz CT molecular complexity index is 1500. The summed E-state index contributed by atoms with van der Waals surface area (Å²) in [7, 11) is 0. The fourth-order valence-electron chi connectivity index (χ4n) is 3.39.